The molecule has 26 heavy (non-hydrogen) atoms. The molecule has 2 aromatic rings. The molecule has 5 rings (SSSR count). The van der Waals surface area contributed by atoms with Gasteiger partial charge in [0, 0.05) is 0 Å². The van der Waals surface area contributed by atoms with Crippen molar-refractivity contribution < 1.29 is 19.1 Å². The fourth-order valence-corrected chi connectivity index (χ4v) is 5.52. The van der Waals surface area contributed by atoms with Crippen LogP contribution in [0.4, 0.5) is 5.69 Å². The molecule has 0 N–H and O–H groups in total. The SMILES string of the molecule is O=C(Oc1ccccc1N1C(=O)[C@H]2[C@@H]3CC[C@H](C3)[C@@H]2C1=O)c1cccs1. The number of imide groups is 1. The van der Waals surface area contributed by atoms with Crippen LogP contribution in [0.3, 0.4) is 0 Å². The Hall–Kier alpha value is -2.47. The smallest absolute Gasteiger partial charge is 0.353 e. The maximum Gasteiger partial charge on any atom is 0.353 e. The van der Waals surface area contributed by atoms with Crippen molar-refractivity contribution in [1.29, 1.82) is 0 Å². The van der Waals surface area contributed by atoms with Gasteiger partial charge in [0.1, 0.15) is 4.88 Å². The molecule has 1 aliphatic heterocycles. The summed E-state index contributed by atoms with van der Waals surface area (Å²) in [4.78, 5) is 40.1. The Morgan fingerprint density at radius 3 is 2.35 bits per heavy atom. The summed E-state index contributed by atoms with van der Waals surface area (Å²) < 4.78 is 5.52. The lowest BCUT2D eigenvalue weighted by Gasteiger charge is -2.19. The number of esters is 1. The Morgan fingerprint density at radius 2 is 1.69 bits per heavy atom. The highest BCUT2D eigenvalue weighted by molar-refractivity contribution is 7.12. The van der Waals surface area contributed by atoms with Crippen LogP contribution in [-0.4, -0.2) is 17.8 Å². The van der Waals surface area contributed by atoms with E-state index >= 15 is 0 Å². The number of carbonyl (C=O) groups is 3. The van der Waals surface area contributed by atoms with E-state index in [9.17, 15) is 14.4 Å². The lowest BCUT2D eigenvalue weighted by molar-refractivity contribution is -0.123. The van der Waals surface area contributed by atoms with Crippen LogP contribution in [0.1, 0.15) is 28.9 Å². The van der Waals surface area contributed by atoms with Gasteiger partial charge in [0.15, 0.2) is 5.75 Å². The molecule has 132 valence electrons. The molecule has 3 aliphatic rings. The van der Waals surface area contributed by atoms with Gasteiger partial charge in [-0.1, -0.05) is 18.2 Å². The Balaban J connectivity index is 1.48. The number of hydrogen-bond acceptors (Lipinski definition) is 5. The number of carbonyl (C=O) groups excluding carboxylic acids is 3. The van der Waals surface area contributed by atoms with Gasteiger partial charge in [-0.3, -0.25) is 9.59 Å². The van der Waals surface area contributed by atoms with Gasteiger partial charge in [-0.25, -0.2) is 9.69 Å². The molecule has 4 atom stereocenters. The summed E-state index contributed by atoms with van der Waals surface area (Å²) in [6.07, 6.45) is 3.07. The number of hydrogen-bond donors (Lipinski definition) is 0. The zero-order chi connectivity index (χ0) is 17.8. The van der Waals surface area contributed by atoms with Crippen LogP contribution in [0.15, 0.2) is 41.8 Å². The fraction of sp³-hybridized carbons (Fsp3) is 0.350. The van der Waals surface area contributed by atoms with E-state index in [1.54, 1.807) is 41.8 Å². The van der Waals surface area contributed by atoms with Crippen LogP contribution in [0.2, 0.25) is 0 Å². The van der Waals surface area contributed by atoms with E-state index in [-0.39, 0.29) is 29.4 Å². The molecule has 5 nitrogen and oxygen atoms in total. The van der Waals surface area contributed by atoms with Crippen molar-refractivity contribution >= 4 is 34.8 Å². The first kappa shape index (κ1) is 15.8. The summed E-state index contributed by atoms with van der Waals surface area (Å²) >= 11 is 1.29. The van der Waals surface area contributed by atoms with Crippen molar-refractivity contribution in [2.45, 2.75) is 19.3 Å². The van der Waals surface area contributed by atoms with E-state index in [4.69, 9.17) is 4.74 Å². The number of rotatable bonds is 3. The van der Waals surface area contributed by atoms with E-state index in [0.29, 0.717) is 22.4 Å². The second-order valence-electron chi connectivity index (χ2n) is 7.23. The normalized spacial score (nSPS) is 29.3. The minimum Gasteiger partial charge on any atom is -0.420 e. The first-order valence-corrected chi connectivity index (χ1v) is 9.75. The molecule has 3 fully saturated rings. The van der Waals surface area contributed by atoms with Crippen LogP contribution < -0.4 is 9.64 Å². The molecule has 2 amide bonds. The second-order valence-corrected chi connectivity index (χ2v) is 8.18. The van der Waals surface area contributed by atoms with Gasteiger partial charge in [-0.15, -0.1) is 11.3 Å². The summed E-state index contributed by atoms with van der Waals surface area (Å²) in [5.74, 6) is -0.227. The fourth-order valence-electron chi connectivity index (χ4n) is 4.92. The minimum absolute atomic E-state index is 0.133. The highest BCUT2D eigenvalue weighted by Crippen LogP contribution is 2.57. The first-order chi connectivity index (χ1) is 12.6. The third kappa shape index (κ3) is 2.18. The zero-order valence-electron chi connectivity index (χ0n) is 14.0. The highest BCUT2D eigenvalue weighted by Gasteiger charge is 2.61. The number of thiophene rings is 1. The van der Waals surface area contributed by atoms with Crippen LogP contribution in [0.25, 0.3) is 0 Å². The minimum atomic E-state index is -0.480. The molecule has 6 heteroatoms. The van der Waals surface area contributed by atoms with Crippen LogP contribution in [0, 0.1) is 23.7 Å². The molecule has 2 aliphatic carbocycles. The van der Waals surface area contributed by atoms with Crippen molar-refractivity contribution in [3.05, 3.63) is 46.7 Å². The van der Waals surface area contributed by atoms with Crippen LogP contribution in [0.5, 0.6) is 5.75 Å². The summed E-state index contributed by atoms with van der Waals surface area (Å²) in [6, 6.07) is 10.2. The molecule has 1 aromatic carbocycles. The molecule has 1 aromatic heterocycles. The van der Waals surface area contributed by atoms with Gasteiger partial charge in [0.2, 0.25) is 11.8 Å². The Morgan fingerprint density at radius 1 is 1.00 bits per heavy atom. The maximum atomic E-state index is 13.0. The number of ether oxygens (including phenoxy) is 1. The zero-order valence-corrected chi connectivity index (χ0v) is 14.8. The molecule has 0 radical (unpaired) electrons. The number of fused-ring (bicyclic) bond motifs is 5. The van der Waals surface area contributed by atoms with Crippen molar-refractivity contribution in [2.75, 3.05) is 4.90 Å². The quantitative estimate of drug-likeness (QED) is 0.473. The van der Waals surface area contributed by atoms with Gasteiger partial charge >= 0.3 is 5.97 Å². The van der Waals surface area contributed by atoms with Gasteiger partial charge in [0.05, 0.1) is 17.5 Å². The molecule has 2 bridgehead atoms. The predicted octanol–water partition coefficient (Wildman–Crippen LogP) is 3.50. The summed E-state index contributed by atoms with van der Waals surface area (Å²) in [7, 11) is 0. The second kappa shape index (κ2) is 5.77. The Kier molecular flexibility index (Phi) is 3.50. The molecule has 2 heterocycles. The summed E-state index contributed by atoms with van der Waals surface area (Å²) in [6.45, 7) is 0. The van der Waals surface area contributed by atoms with Crippen molar-refractivity contribution in [3.63, 3.8) is 0 Å². The molecular formula is C20H17NO4S. The third-order valence-electron chi connectivity index (χ3n) is 5.96. The largest absolute Gasteiger partial charge is 0.420 e. The number of anilines is 1. The van der Waals surface area contributed by atoms with Crippen LogP contribution in [-0.2, 0) is 9.59 Å². The number of benzene rings is 1. The van der Waals surface area contributed by atoms with E-state index in [0.717, 1.165) is 19.3 Å². The van der Waals surface area contributed by atoms with Gasteiger partial charge in [0.25, 0.3) is 0 Å². The average Bonchev–Trinajstić information content (AvgIpc) is 3.41. The van der Waals surface area contributed by atoms with Gasteiger partial charge in [-0.2, -0.15) is 0 Å². The van der Waals surface area contributed by atoms with E-state index in [2.05, 4.69) is 0 Å². The Labute approximate surface area is 154 Å². The van der Waals surface area contributed by atoms with Gasteiger partial charge < -0.3 is 4.74 Å². The monoisotopic (exact) mass is 367 g/mol. The molecule has 1 saturated heterocycles. The van der Waals surface area contributed by atoms with E-state index in [1.807, 2.05) is 0 Å². The summed E-state index contributed by atoms with van der Waals surface area (Å²) in [5, 5.41) is 1.80. The van der Waals surface area contributed by atoms with Crippen LogP contribution >= 0.6 is 11.3 Å². The summed E-state index contributed by atoms with van der Waals surface area (Å²) in [5.41, 5.74) is 0.376. The third-order valence-corrected chi connectivity index (χ3v) is 6.81. The maximum absolute atomic E-state index is 13.0. The number of nitrogens with zero attached hydrogens (tertiary/aromatic N) is 1. The molecule has 0 unspecified atom stereocenters. The van der Waals surface area contributed by atoms with Gasteiger partial charge in [-0.05, 0) is 54.7 Å². The Bertz CT molecular complexity index is 878. The molecule has 2 saturated carbocycles. The van der Waals surface area contributed by atoms with E-state index in [1.165, 1.54) is 16.2 Å². The topological polar surface area (TPSA) is 63.7 Å². The molecule has 0 spiro atoms. The average molecular weight is 367 g/mol. The standard InChI is InChI=1S/C20H17NO4S/c22-18-16-11-7-8-12(10-11)17(16)19(23)21(18)13-4-1-2-5-14(13)25-20(24)15-6-3-9-26-15/h1-6,9,11-12,16-17H,7-8,10H2/t11-,12-,16+,17+/m1/s1. The van der Waals surface area contributed by atoms with Crippen molar-refractivity contribution in [3.8, 4) is 5.75 Å². The first-order valence-electron chi connectivity index (χ1n) is 8.87. The lowest BCUT2D eigenvalue weighted by atomic mass is 9.81. The number of amides is 2. The van der Waals surface area contributed by atoms with Crippen molar-refractivity contribution in [1.82, 2.24) is 0 Å². The molecular weight excluding hydrogens is 350 g/mol. The predicted molar refractivity (Wildman–Crippen MR) is 96.0 cm³/mol. The highest BCUT2D eigenvalue weighted by atomic mass is 32.1. The number of para-hydroxylation sites is 2. The lowest BCUT2D eigenvalue weighted by Crippen LogP contribution is -2.33. The van der Waals surface area contributed by atoms with Crippen molar-refractivity contribution in [2.24, 2.45) is 23.7 Å². The van der Waals surface area contributed by atoms with E-state index < -0.39 is 5.97 Å².